The van der Waals surface area contributed by atoms with E-state index in [4.69, 9.17) is 0 Å². The fourth-order valence-corrected chi connectivity index (χ4v) is 4.02. The van der Waals surface area contributed by atoms with Gasteiger partial charge in [0.05, 0.1) is 0 Å². The lowest BCUT2D eigenvalue weighted by Gasteiger charge is -2.33. The third-order valence-corrected chi connectivity index (χ3v) is 4.76. The van der Waals surface area contributed by atoms with Gasteiger partial charge in [-0.2, -0.15) is 0 Å². The normalized spacial score (nSPS) is 32.4. The zero-order valence-electron chi connectivity index (χ0n) is 8.55. The molecule has 2 aliphatic rings. The predicted molar refractivity (Wildman–Crippen MR) is 59.8 cm³/mol. The van der Waals surface area contributed by atoms with Crippen LogP contribution >= 0.6 is 11.3 Å². The van der Waals surface area contributed by atoms with Gasteiger partial charge in [0.15, 0.2) is 0 Å². The van der Waals surface area contributed by atoms with Gasteiger partial charge < -0.3 is 10.2 Å². The molecule has 76 valence electrons. The van der Waals surface area contributed by atoms with Crippen LogP contribution in [0.3, 0.4) is 0 Å². The van der Waals surface area contributed by atoms with Gasteiger partial charge in [-0.15, -0.1) is 11.3 Å². The number of thiophene rings is 1. The Kier molecular flexibility index (Phi) is 1.94. The number of nitrogens with zero attached hydrogens (tertiary/aromatic N) is 1. The van der Waals surface area contributed by atoms with Crippen molar-refractivity contribution >= 4 is 11.3 Å². The highest BCUT2D eigenvalue weighted by Crippen LogP contribution is 2.40. The Morgan fingerprint density at radius 1 is 1.57 bits per heavy atom. The molecule has 3 rings (SSSR count). The summed E-state index contributed by atoms with van der Waals surface area (Å²) in [6.45, 7) is 4.72. The van der Waals surface area contributed by atoms with E-state index in [1.54, 1.807) is 4.88 Å². The molecule has 1 aromatic heterocycles. The van der Waals surface area contributed by atoms with Crippen molar-refractivity contribution in [3.05, 3.63) is 21.9 Å². The number of hydrogen-bond donors (Lipinski definition) is 1. The molecule has 0 bridgehead atoms. The van der Waals surface area contributed by atoms with Gasteiger partial charge in [-0.3, -0.25) is 0 Å². The highest BCUT2D eigenvalue weighted by atomic mass is 32.1. The maximum Gasteiger partial charge on any atom is 0.0314 e. The van der Waals surface area contributed by atoms with Crippen LogP contribution in [0, 0.1) is 0 Å². The lowest BCUT2D eigenvalue weighted by molar-refractivity contribution is 0.346. The average molecular weight is 208 g/mol. The van der Waals surface area contributed by atoms with Crippen molar-refractivity contribution in [3.8, 4) is 0 Å². The van der Waals surface area contributed by atoms with E-state index in [2.05, 4.69) is 28.7 Å². The van der Waals surface area contributed by atoms with E-state index in [9.17, 15) is 0 Å². The highest BCUT2D eigenvalue weighted by molar-refractivity contribution is 7.10. The van der Waals surface area contributed by atoms with Crippen LogP contribution in [-0.4, -0.2) is 31.6 Å². The summed E-state index contributed by atoms with van der Waals surface area (Å²) in [5.74, 6) is 0. The van der Waals surface area contributed by atoms with Crippen molar-refractivity contribution in [2.75, 3.05) is 26.7 Å². The monoisotopic (exact) mass is 208 g/mol. The van der Waals surface area contributed by atoms with E-state index in [0.717, 1.165) is 6.54 Å². The number of fused-ring (bicyclic) bond motifs is 2. The molecule has 1 spiro atoms. The number of rotatable bonds is 0. The van der Waals surface area contributed by atoms with Crippen molar-refractivity contribution in [2.45, 2.75) is 18.4 Å². The Hall–Kier alpha value is -0.380. The molecule has 14 heavy (non-hydrogen) atoms. The molecule has 2 nitrogen and oxygen atoms in total. The quantitative estimate of drug-likeness (QED) is 0.694. The minimum atomic E-state index is 0.441. The Bertz CT molecular complexity index is 347. The number of likely N-dealkylation sites (N-methyl/N-ethyl adjacent to an activating group) is 1. The van der Waals surface area contributed by atoms with E-state index >= 15 is 0 Å². The van der Waals surface area contributed by atoms with Crippen molar-refractivity contribution in [3.63, 3.8) is 0 Å². The molecule has 0 aliphatic carbocycles. The second-order valence-electron chi connectivity index (χ2n) is 4.65. The van der Waals surface area contributed by atoms with Gasteiger partial charge in [0.1, 0.15) is 0 Å². The van der Waals surface area contributed by atoms with Gasteiger partial charge in [-0.25, -0.2) is 0 Å². The molecule has 0 amide bonds. The van der Waals surface area contributed by atoms with Gasteiger partial charge in [-0.05, 0) is 37.0 Å². The van der Waals surface area contributed by atoms with Gasteiger partial charge in [0.25, 0.3) is 0 Å². The molecule has 1 unspecified atom stereocenters. The first-order valence-electron chi connectivity index (χ1n) is 5.26. The molecule has 3 heteroatoms. The van der Waals surface area contributed by atoms with Crippen LogP contribution in [-0.2, 0) is 12.0 Å². The van der Waals surface area contributed by atoms with Crippen LogP contribution < -0.4 is 5.32 Å². The Balaban J connectivity index is 2.03. The molecular weight excluding hydrogens is 192 g/mol. The van der Waals surface area contributed by atoms with E-state index in [-0.39, 0.29) is 0 Å². The third-order valence-electron chi connectivity index (χ3n) is 3.55. The van der Waals surface area contributed by atoms with Crippen LogP contribution in [0.25, 0.3) is 0 Å². The fraction of sp³-hybridized carbons (Fsp3) is 0.636. The van der Waals surface area contributed by atoms with Gasteiger partial charge in [0, 0.05) is 29.9 Å². The van der Waals surface area contributed by atoms with E-state index in [1.807, 2.05) is 11.3 Å². The molecule has 1 fully saturated rings. The average Bonchev–Trinajstić information content (AvgIpc) is 2.75. The first-order valence-corrected chi connectivity index (χ1v) is 6.14. The summed E-state index contributed by atoms with van der Waals surface area (Å²) in [4.78, 5) is 4.11. The third kappa shape index (κ3) is 1.16. The van der Waals surface area contributed by atoms with Crippen molar-refractivity contribution in [2.24, 2.45) is 0 Å². The molecule has 1 saturated heterocycles. The van der Waals surface area contributed by atoms with Crippen molar-refractivity contribution in [1.82, 2.24) is 10.2 Å². The zero-order chi connectivity index (χ0) is 9.60. The number of hydrogen-bond acceptors (Lipinski definition) is 3. The van der Waals surface area contributed by atoms with Crippen LogP contribution in [0.2, 0.25) is 0 Å². The van der Waals surface area contributed by atoms with Crippen molar-refractivity contribution in [1.29, 1.82) is 0 Å². The summed E-state index contributed by atoms with van der Waals surface area (Å²) < 4.78 is 0. The fourth-order valence-electron chi connectivity index (χ4n) is 2.87. The van der Waals surface area contributed by atoms with Gasteiger partial charge in [-0.1, -0.05) is 0 Å². The molecule has 1 aromatic rings. The van der Waals surface area contributed by atoms with Gasteiger partial charge in [0.2, 0.25) is 0 Å². The summed E-state index contributed by atoms with van der Waals surface area (Å²) in [6, 6.07) is 2.28. The van der Waals surface area contributed by atoms with Gasteiger partial charge >= 0.3 is 0 Å². The summed E-state index contributed by atoms with van der Waals surface area (Å²) in [5, 5.41) is 5.81. The van der Waals surface area contributed by atoms with Crippen LogP contribution in [0.5, 0.6) is 0 Å². The maximum atomic E-state index is 3.56. The second-order valence-corrected chi connectivity index (χ2v) is 5.56. The van der Waals surface area contributed by atoms with Crippen LogP contribution in [0.15, 0.2) is 11.4 Å². The molecule has 2 aliphatic heterocycles. The molecule has 0 aromatic carbocycles. The number of nitrogens with one attached hydrogen (secondary N) is 1. The summed E-state index contributed by atoms with van der Waals surface area (Å²) in [7, 11) is 2.23. The zero-order valence-corrected chi connectivity index (χ0v) is 9.36. The molecule has 0 radical (unpaired) electrons. The summed E-state index contributed by atoms with van der Waals surface area (Å²) >= 11 is 1.96. The Labute approximate surface area is 88.9 Å². The largest absolute Gasteiger partial charge is 0.312 e. The molecule has 3 heterocycles. The maximum absolute atomic E-state index is 3.56. The first kappa shape index (κ1) is 8.89. The Morgan fingerprint density at radius 2 is 2.50 bits per heavy atom. The van der Waals surface area contributed by atoms with Crippen LogP contribution in [0.1, 0.15) is 16.9 Å². The smallest absolute Gasteiger partial charge is 0.0314 e. The lowest BCUT2D eigenvalue weighted by Crippen LogP contribution is -2.43. The van der Waals surface area contributed by atoms with E-state index < -0.39 is 0 Å². The predicted octanol–water partition coefficient (Wildman–Crippen LogP) is 1.42. The summed E-state index contributed by atoms with van der Waals surface area (Å²) in [6.07, 6.45) is 1.32. The SMILES string of the molecule is CN1CCC2(CNCc3ccsc32)C1. The standard InChI is InChI=1S/C11H16N2S/c1-13-4-3-11(8-13)7-12-6-9-2-5-14-10(9)11/h2,5,12H,3-4,6-8H2,1H3. The second kappa shape index (κ2) is 3.05. The molecule has 1 atom stereocenters. The van der Waals surface area contributed by atoms with Crippen molar-refractivity contribution < 1.29 is 0 Å². The molecule has 0 saturated carbocycles. The first-order chi connectivity index (χ1) is 6.80. The topological polar surface area (TPSA) is 15.3 Å². The minimum Gasteiger partial charge on any atom is -0.312 e. The lowest BCUT2D eigenvalue weighted by atomic mass is 9.81. The highest BCUT2D eigenvalue weighted by Gasteiger charge is 2.42. The van der Waals surface area contributed by atoms with E-state index in [1.165, 1.54) is 31.6 Å². The molecular formula is C11H16N2S. The summed E-state index contributed by atoms with van der Waals surface area (Å²) in [5.41, 5.74) is 1.98. The molecule has 1 N–H and O–H groups in total. The van der Waals surface area contributed by atoms with E-state index in [0.29, 0.717) is 5.41 Å². The van der Waals surface area contributed by atoms with Crippen LogP contribution in [0.4, 0.5) is 0 Å². The number of likely N-dealkylation sites (tertiary alicyclic amines) is 1. The Morgan fingerprint density at radius 3 is 3.29 bits per heavy atom. The minimum absolute atomic E-state index is 0.441.